The van der Waals surface area contributed by atoms with Gasteiger partial charge in [0.15, 0.2) is 18.1 Å². The van der Waals surface area contributed by atoms with Gasteiger partial charge in [0.1, 0.15) is 12.1 Å². The van der Waals surface area contributed by atoms with Gasteiger partial charge in [-0.25, -0.2) is 0 Å². The molecule has 6 heteroatoms. The monoisotopic (exact) mass is 382 g/mol. The van der Waals surface area contributed by atoms with Crippen molar-refractivity contribution >= 4 is 5.91 Å². The molecule has 4 rings (SSSR count). The number of rotatable bonds is 5. The molecule has 0 saturated carbocycles. The Balaban J connectivity index is 1.28. The summed E-state index contributed by atoms with van der Waals surface area (Å²) in [7, 11) is 0. The van der Waals surface area contributed by atoms with Crippen molar-refractivity contribution in [2.45, 2.75) is 32.4 Å². The molecule has 1 fully saturated rings. The molecule has 1 N–H and O–H groups in total. The van der Waals surface area contributed by atoms with E-state index < -0.39 is 0 Å². The van der Waals surface area contributed by atoms with Gasteiger partial charge >= 0.3 is 0 Å². The molecule has 6 nitrogen and oxygen atoms in total. The quantitative estimate of drug-likeness (QED) is 0.842. The first kappa shape index (κ1) is 18.7. The first-order valence-corrected chi connectivity index (χ1v) is 9.94. The molecule has 2 aliphatic heterocycles. The summed E-state index contributed by atoms with van der Waals surface area (Å²) in [6.45, 7) is 8.59. The Morgan fingerprint density at radius 2 is 1.96 bits per heavy atom. The third-order valence-electron chi connectivity index (χ3n) is 5.43. The van der Waals surface area contributed by atoms with E-state index in [1.54, 1.807) is 0 Å². The highest BCUT2D eigenvalue weighted by Crippen LogP contribution is 2.41. The van der Waals surface area contributed by atoms with Crippen LogP contribution in [0.25, 0.3) is 0 Å². The molecule has 2 aromatic rings. The fraction of sp³-hybridized carbons (Fsp3) is 0.455. The molecule has 28 heavy (non-hydrogen) atoms. The van der Waals surface area contributed by atoms with Gasteiger partial charge < -0.3 is 19.3 Å². The predicted molar refractivity (Wildman–Crippen MR) is 106 cm³/mol. The Hall–Kier alpha value is -2.60. The molecule has 0 aliphatic carbocycles. The van der Waals surface area contributed by atoms with Gasteiger partial charge in [0.05, 0.1) is 26.2 Å². The van der Waals surface area contributed by atoms with Crippen LogP contribution in [0.2, 0.25) is 0 Å². The zero-order valence-electron chi connectivity index (χ0n) is 16.6. The average molecular weight is 382 g/mol. The van der Waals surface area contributed by atoms with Crippen LogP contribution in [-0.2, 0) is 17.8 Å². The maximum Gasteiger partial charge on any atom is 0.260 e. The average Bonchev–Trinajstić information content (AvgIpc) is 3.02. The number of piperazine rings is 1. The summed E-state index contributed by atoms with van der Waals surface area (Å²) in [5, 5.41) is 0. The van der Waals surface area contributed by atoms with Crippen molar-refractivity contribution in [3.8, 4) is 11.5 Å². The van der Waals surface area contributed by atoms with Crippen molar-refractivity contribution in [2.24, 2.45) is 0 Å². The smallest absolute Gasteiger partial charge is 0.260 e. The van der Waals surface area contributed by atoms with Gasteiger partial charge in [-0.05, 0) is 32.0 Å². The second-order valence-electron chi connectivity index (χ2n) is 8.23. The van der Waals surface area contributed by atoms with Gasteiger partial charge in [-0.3, -0.25) is 9.78 Å². The number of nitrogens with zero attached hydrogens (tertiary/aromatic N) is 2. The maximum atomic E-state index is 12.6. The maximum absolute atomic E-state index is 12.6. The number of benzene rings is 1. The number of nitrogens with one attached hydrogen (secondary N) is 1. The molecule has 0 atom stereocenters. The number of ether oxygens (including phenoxy) is 2. The second-order valence-corrected chi connectivity index (χ2v) is 8.23. The lowest BCUT2D eigenvalue weighted by Crippen LogP contribution is -3.13. The van der Waals surface area contributed by atoms with E-state index in [0.29, 0.717) is 5.75 Å². The second kappa shape index (κ2) is 7.80. The van der Waals surface area contributed by atoms with Crippen molar-refractivity contribution in [3.63, 3.8) is 0 Å². The fourth-order valence-corrected chi connectivity index (χ4v) is 3.97. The molecule has 1 saturated heterocycles. The topological polar surface area (TPSA) is 56.1 Å². The Labute approximate surface area is 166 Å². The predicted octanol–water partition coefficient (Wildman–Crippen LogP) is 1.10. The highest BCUT2D eigenvalue weighted by Gasteiger charge is 2.32. The largest absolute Gasteiger partial charge is 0.483 e. The summed E-state index contributed by atoms with van der Waals surface area (Å²) in [5.41, 5.74) is 2.21. The summed E-state index contributed by atoms with van der Waals surface area (Å²) in [4.78, 5) is 20.1. The number of amides is 1. The summed E-state index contributed by atoms with van der Waals surface area (Å²) < 4.78 is 11.9. The molecule has 1 aromatic heterocycles. The van der Waals surface area contributed by atoms with Gasteiger partial charge in [-0.2, -0.15) is 0 Å². The van der Waals surface area contributed by atoms with E-state index in [1.807, 2.05) is 29.4 Å². The normalized spacial score (nSPS) is 18.4. The van der Waals surface area contributed by atoms with Crippen molar-refractivity contribution in [2.75, 3.05) is 32.8 Å². The van der Waals surface area contributed by atoms with Crippen LogP contribution in [0.4, 0.5) is 0 Å². The molecule has 0 spiro atoms. The molecule has 0 bridgehead atoms. The first-order valence-electron chi connectivity index (χ1n) is 9.94. The van der Waals surface area contributed by atoms with Crippen molar-refractivity contribution < 1.29 is 19.2 Å². The summed E-state index contributed by atoms with van der Waals surface area (Å²) >= 11 is 0. The lowest BCUT2D eigenvalue weighted by Gasteiger charge is -2.32. The minimum Gasteiger partial charge on any atom is -0.483 e. The number of carbonyl (C=O) groups excluding carboxylic acids is 1. The summed E-state index contributed by atoms with van der Waals surface area (Å²) in [6.07, 6.45) is 4.52. The van der Waals surface area contributed by atoms with Crippen molar-refractivity contribution in [3.05, 3.63) is 53.9 Å². The van der Waals surface area contributed by atoms with E-state index in [4.69, 9.17) is 9.47 Å². The third kappa shape index (κ3) is 4.28. The number of aromatic nitrogens is 1. The Kier molecular flexibility index (Phi) is 5.22. The molecule has 3 heterocycles. The van der Waals surface area contributed by atoms with Gasteiger partial charge in [0.2, 0.25) is 0 Å². The number of fused-ring (bicyclic) bond motifs is 1. The number of pyridine rings is 1. The molecule has 0 radical (unpaired) electrons. The van der Waals surface area contributed by atoms with Crippen molar-refractivity contribution in [1.82, 2.24) is 9.88 Å². The van der Waals surface area contributed by atoms with Crippen LogP contribution in [0.3, 0.4) is 0 Å². The highest BCUT2D eigenvalue weighted by atomic mass is 16.5. The van der Waals surface area contributed by atoms with Crippen LogP contribution in [0, 0.1) is 0 Å². The minimum atomic E-state index is -0.222. The molecule has 2 aliphatic rings. The Morgan fingerprint density at radius 1 is 1.21 bits per heavy atom. The van der Waals surface area contributed by atoms with Gasteiger partial charge in [-0.1, -0.05) is 12.1 Å². The molecule has 1 amide bonds. The van der Waals surface area contributed by atoms with Crippen LogP contribution in [0.15, 0.2) is 42.7 Å². The van der Waals surface area contributed by atoms with Gasteiger partial charge in [0, 0.05) is 29.9 Å². The molecular weight excluding hydrogens is 354 g/mol. The number of carbonyl (C=O) groups is 1. The lowest BCUT2D eigenvalue weighted by molar-refractivity contribution is -0.917. The molecule has 148 valence electrons. The van der Waals surface area contributed by atoms with E-state index >= 15 is 0 Å². The van der Waals surface area contributed by atoms with E-state index in [0.717, 1.165) is 50.5 Å². The van der Waals surface area contributed by atoms with Gasteiger partial charge in [-0.15, -0.1) is 0 Å². The van der Waals surface area contributed by atoms with Crippen LogP contribution < -0.4 is 14.4 Å². The number of hydrogen-bond acceptors (Lipinski definition) is 4. The first-order chi connectivity index (χ1) is 13.5. The van der Waals surface area contributed by atoms with Crippen molar-refractivity contribution in [1.29, 1.82) is 0 Å². The van der Waals surface area contributed by atoms with E-state index in [1.165, 1.54) is 10.5 Å². The van der Waals surface area contributed by atoms with Crippen LogP contribution in [-0.4, -0.2) is 54.2 Å². The standard InChI is InChI=1S/C22H27N3O3/c1-22(2)14-18-4-3-5-19(21(18)28-22)27-16-20(26)25-12-10-24(11-13-25)15-17-6-8-23-9-7-17/h3-9H,10-16H2,1-2H3/p+1. The zero-order chi connectivity index (χ0) is 19.6. The lowest BCUT2D eigenvalue weighted by atomic mass is 10.0. The Morgan fingerprint density at radius 3 is 2.71 bits per heavy atom. The molecule has 0 unspecified atom stereocenters. The molecular formula is C22H28N3O3+. The number of para-hydroxylation sites is 1. The van der Waals surface area contributed by atoms with Crippen LogP contribution in [0.5, 0.6) is 11.5 Å². The summed E-state index contributed by atoms with van der Waals surface area (Å²) in [5.74, 6) is 1.49. The minimum absolute atomic E-state index is 0.0396. The molecule has 1 aromatic carbocycles. The van der Waals surface area contributed by atoms with Crippen LogP contribution in [0.1, 0.15) is 25.0 Å². The third-order valence-corrected chi connectivity index (χ3v) is 5.43. The number of hydrogen-bond donors (Lipinski definition) is 1. The zero-order valence-corrected chi connectivity index (χ0v) is 16.6. The van der Waals surface area contributed by atoms with E-state index in [9.17, 15) is 4.79 Å². The van der Waals surface area contributed by atoms with E-state index in [-0.39, 0.29) is 18.1 Å². The van der Waals surface area contributed by atoms with Gasteiger partial charge in [0.25, 0.3) is 5.91 Å². The Bertz CT molecular complexity index is 830. The highest BCUT2D eigenvalue weighted by molar-refractivity contribution is 5.78. The van der Waals surface area contributed by atoms with E-state index in [2.05, 4.69) is 37.0 Å². The fourth-order valence-electron chi connectivity index (χ4n) is 3.97. The summed E-state index contributed by atoms with van der Waals surface area (Å²) in [6, 6.07) is 10.0. The number of quaternary nitrogens is 1. The SMILES string of the molecule is CC1(C)Cc2cccc(OCC(=O)N3CC[NH+](Cc4ccncc4)CC3)c2O1. The van der Waals surface area contributed by atoms with Crippen LogP contribution >= 0.6 is 0 Å².